The first-order valence-electron chi connectivity index (χ1n) is 6.58. The first kappa shape index (κ1) is 15.1. The van der Waals surface area contributed by atoms with E-state index in [2.05, 4.69) is 10.1 Å². The maximum atomic E-state index is 12.0. The summed E-state index contributed by atoms with van der Waals surface area (Å²) < 4.78 is 1.35. The van der Waals surface area contributed by atoms with Crippen LogP contribution >= 0.6 is 11.3 Å². The monoisotopic (exact) mass is 296 g/mol. The van der Waals surface area contributed by atoms with Crippen LogP contribution in [0.4, 0.5) is 0 Å². The van der Waals surface area contributed by atoms with Crippen molar-refractivity contribution < 1.29 is 5.11 Å². The van der Waals surface area contributed by atoms with Gasteiger partial charge in [-0.05, 0) is 27.3 Å². The Morgan fingerprint density at radius 2 is 2.20 bits per heavy atom. The summed E-state index contributed by atoms with van der Waals surface area (Å²) in [6.07, 6.45) is 0.793. The van der Waals surface area contributed by atoms with Crippen molar-refractivity contribution in [1.82, 2.24) is 19.5 Å². The Bertz CT molecular complexity index is 656. The largest absolute Gasteiger partial charge is 0.389 e. The zero-order valence-electron chi connectivity index (χ0n) is 12.3. The Labute approximate surface area is 121 Å². The first-order valence-corrected chi connectivity index (χ1v) is 7.40. The van der Waals surface area contributed by atoms with Gasteiger partial charge < -0.3 is 5.11 Å². The summed E-state index contributed by atoms with van der Waals surface area (Å²) >= 11 is 1.44. The Hall–Kier alpha value is -1.31. The highest BCUT2D eigenvalue weighted by Gasteiger charge is 2.16. The minimum Gasteiger partial charge on any atom is -0.389 e. The number of fused-ring (bicyclic) bond motifs is 1. The van der Waals surface area contributed by atoms with Gasteiger partial charge in [-0.25, -0.2) is 4.98 Å². The second kappa shape index (κ2) is 5.59. The van der Waals surface area contributed by atoms with Crippen molar-refractivity contribution in [1.29, 1.82) is 0 Å². The number of likely N-dealkylation sites (N-methyl/N-ethyl adjacent to an activating group) is 1. The molecule has 1 N–H and O–H groups in total. The van der Waals surface area contributed by atoms with E-state index >= 15 is 0 Å². The van der Waals surface area contributed by atoms with Gasteiger partial charge in [0.15, 0.2) is 0 Å². The molecule has 0 unspecified atom stereocenters. The first-order chi connectivity index (χ1) is 9.28. The van der Waals surface area contributed by atoms with Crippen LogP contribution in [0.5, 0.6) is 0 Å². The third-order valence-corrected chi connectivity index (χ3v) is 3.78. The molecular weight excluding hydrogens is 276 g/mol. The van der Waals surface area contributed by atoms with E-state index in [9.17, 15) is 9.90 Å². The van der Waals surface area contributed by atoms with Crippen LogP contribution in [0.15, 0.2) is 10.9 Å². The second-order valence-electron chi connectivity index (χ2n) is 5.61. The predicted octanol–water partition coefficient (Wildman–Crippen LogP) is 0.916. The Balaban J connectivity index is 2.25. The molecule has 0 spiro atoms. The number of hydrogen-bond acceptors (Lipinski definition) is 6. The quantitative estimate of drug-likeness (QED) is 0.888. The molecule has 6 nitrogen and oxygen atoms in total. The number of aliphatic hydroxyl groups is 1. The molecule has 0 aliphatic heterocycles. The van der Waals surface area contributed by atoms with Crippen LogP contribution in [0, 0.1) is 0 Å². The molecule has 0 bridgehead atoms. The predicted molar refractivity (Wildman–Crippen MR) is 79.1 cm³/mol. The van der Waals surface area contributed by atoms with Gasteiger partial charge in [0.1, 0.15) is 5.01 Å². The summed E-state index contributed by atoms with van der Waals surface area (Å²) in [5.41, 5.74) is -0.223. The number of nitrogens with zero attached hydrogens (tertiary/aromatic N) is 4. The lowest BCUT2D eigenvalue weighted by Gasteiger charge is -2.24. The molecule has 0 aliphatic rings. The zero-order valence-corrected chi connectivity index (χ0v) is 13.1. The lowest BCUT2D eigenvalue weighted by atomic mass is 10.1. The minimum atomic E-state index is -0.770. The fourth-order valence-corrected chi connectivity index (χ4v) is 2.97. The number of aromatic nitrogens is 3. The number of aryl methyl sites for hydroxylation is 1. The van der Waals surface area contributed by atoms with E-state index < -0.39 is 5.60 Å². The smallest absolute Gasteiger partial charge is 0.275 e. The normalized spacial score (nSPS) is 12.5. The van der Waals surface area contributed by atoms with Crippen molar-refractivity contribution in [3.63, 3.8) is 0 Å². The Morgan fingerprint density at radius 1 is 1.50 bits per heavy atom. The van der Waals surface area contributed by atoms with Crippen LogP contribution in [0.1, 0.15) is 31.5 Å². The fourth-order valence-electron chi connectivity index (χ4n) is 2.11. The van der Waals surface area contributed by atoms with Crippen molar-refractivity contribution in [2.45, 2.75) is 39.3 Å². The lowest BCUT2D eigenvalue weighted by Crippen LogP contribution is -2.36. The maximum absolute atomic E-state index is 12.0. The van der Waals surface area contributed by atoms with Crippen molar-refractivity contribution >= 4 is 16.3 Å². The highest BCUT2D eigenvalue weighted by atomic mass is 32.1. The summed E-state index contributed by atoms with van der Waals surface area (Å²) in [7, 11) is 1.89. The standard InChI is InChI=1S/C13H20N4O2S/c1-5-10-15-17-11(18)6-9(14-12(17)20-10)7-16(4)8-13(2,3)19/h6,19H,5,7-8H2,1-4H3. The maximum Gasteiger partial charge on any atom is 0.275 e. The van der Waals surface area contributed by atoms with Gasteiger partial charge >= 0.3 is 0 Å². The van der Waals surface area contributed by atoms with Crippen LogP contribution < -0.4 is 5.56 Å². The van der Waals surface area contributed by atoms with Crippen molar-refractivity contribution in [2.75, 3.05) is 13.6 Å². The summed E-state index contributed by atoms with van der Waals surface area (Å²) in [4.78, 5) is 19.0. The van der Waals surface area contributed by atoms with E-state index in [1.807, 2.05) is 18.9 Å². The highest BCUT2D eigenvalue weighted by molar-refractivity contribution is 7.16. The van der Waals surface area contributed by atoms with Gasteiger partial charge in [-0.15, -0.1) is 0 Å². The van der Waals surface area contributed by atoms with E-state index in [1.54, 1.807) is 13.8 Å². The molecule has 0 saturated carbocycles. The highest BCUT2D eigenvalue weighted by Crippen LogP contribution is 2.13. The molecule has 20 heavy (non-hydrogen) atoms. The van der Waals surface area contributed by atoms with E-state index in [4.69, 9.17) is 0 Å². The van der Waals surface area contributed by atoms with Gasteiger partial charge in [0.25, 0.3) is 5.56 Å². The average Bonchev–Trinajstić information content (AvgIpc) is 2.69. The molecule has 2 aromatic heterocycles. The number of rotatable bonds is 5. The van der Waals surface area contributed by atoms with E-state index in [0.717, 1.165) is 11.4 Å². The summed E-state index contributed by atoms with van der Waals surface area (Å²) in [6, 6.07) is 1.51. The summed E-state index contributed by atoms with van der Waals surface area (Å²) in [5, 5.41) is 14.9. The summed E-state index contributed by atoms with van der Waals surface area (Å²) in [5.74, 6) is 0. The van der Waals surface area contributed by atoms with Crippen molar-refractivity contribution in [3.05, 3.63) is 27.1 Å². The van der Waals surface area contributed by atoms with Gasteiger partial charge in [0.05, 0.1) is 11.3 Å². The molecule has 0 amide bonds. The zero-order chi connectivity index (χ0) is 14.9. The van der Waals surface area contributed by atoms with Gasteiger partial charge in [-0.3, -0.25) is 9.69 Å². The van der Waals surface area contributed by atoms with Gasteiger partial charge in [-0.1, -0.05) is 18.3 Å². The summed E-state index contributed by atoms with van der Waals surface area (Å²) in [6.45, 7) is 6.55. The molecule has 7 heteroatoms. The van der Waals surface area contributed by atoms with Gasteiger partial charge in [0, 0.05) is 19.2 Å². The van der Waals surface area contributed by atoms with Crippen LogP contribution in [0.2, 0.25) is 0 Å². The van der Waals surface area contributed by atoms with Crippen LogP contribution in [-0.4, -0.2) is 43.8 Å². The third-order valence-electron chi connectivity index (χ3n) is 2.73. The van der Waals surface area contributed by atoms with Crippen molar-refractivity contribution in [3.8, 4) is 0 Å². The molecule has 0 radical (unpaired) electrons. The second-order valence-corrected chi connectivity index (χ2v) is 6.65. The van der Waals surface area contributed by atoms with Crippen LogP contribution in [0.3, 0.4) is 0 Å². The molecule has 0 atom stereocenters. The van der Waals surface area contributed by atoms with E-state index in [1.165, 1.54) is 21.9 Å². The molecule has 0 fully saturated rings. The Morgan fingerprint density at radius 3 is 2.80 bits per heavy atom. The third kappa shape index (κ3) is 3.62. The average molecular weight is 296 g/mol. The van der Waals surface area contributed by atoms with Gasteiger partial charge in [-0.2, -0.15) is 9.61 Å². The SMILES string of the molecule is CCc1nn2c(=O)cc(CN(C)CC(C)(C)O)nc2s1. The lowest BCUT2D eigenvalue weighted by molar-refractivity contribution is 0.0421. The minimum absolute atomic E-state index is 0.155. The Kier molecular flexibility index (Phi) is 4.22. The van der Waals surface area contributed by atoms with Crippen LogP contribution in [-0.2, 0) is 13.0 Å². The molecule has 0 saturated heterocycles. The van der Waals surface area contributed by atoms with Crippen LogP contribution in [0.25, 0.3) is 4.96 Å². The molecular formula is C13H20N4O2S. The fraction of sp³-hybridized carbons (Fsp3) is 0.615. The topological polar surface area (TPSA) is 70.7 Å². The van der Waals surface area contributed by atoms with Crippen molar-refractivity contribution in [2.24, 2.45) is 0 Å². The molecule has 2 heterocycles. The number of hydrogen-bond donors (Lipinski definition) is 1. The molecule has 2 aromatic rings. The molecule has 0 aliphatic carbocycles. The molecule has 0 aromatic carbocycles. The molecule has 2 rings (SSSR count). The van der Waals surface area contributed by atoms with Gasteiger partial charge in [0.2, 0.25) is 4.96 Å². The van der Waals surface area contributed by atoms with E-state index in [-0.39, 0.29) is 5.56 Å². The van der Waals surface area contributed by atoms with E-state index in [0.29, 0.717) is 23.7 Å². The molecule has 110 valence electrons.